The number of nitrogens with two attached hydrogens (primary N) is 1. The highest BCUT2D eigenvalue weighted by atomic mass is 19.4. The summed E-state index contributed by atoms with van der Waals surface area (Å²) in [5.74, 6) is -2.84. The van der Waals surface area contributed by atoms with E-state index in [0.29, 0.717) is 74.3 Å². The number of nitrogens with one attached hydrogen (secondary N) is 2. The summed E-state index contributed by atoms with van der Waals surface area (Å²) in [6.45, 7) is 14.7. The minimum Gasteiger partial charge on any atom is -0.475 e. The van der Waals surface area contributed by atoms with Crippen LogP contribution in [0.25, 0.3) is 11.3 Å². The molecular weight excluding hydrogens is 771 g/mol. The van der Waals surface area contributed by atoms with Crippen LogP contribution >= 0.6 is 0 Å². The molecule has 0 unspecified atom stereocenters. The van der Waals surface area contributed by atoms with Gasteiger partial charge in [-0.2, -0.15) is 13.2 Å². The zero-order chi connectivity index (χ0) is 43.3. The van der Waals surface area contributed by atoms with Crippen LogP contribution in [0.4, 0.5) is 30.4 Å². The van der Waals surface area contributed by atoms with E-state index in [1.807, 2.05) is 54.3 Å². The van der Waals surface area contributed by atoms with Crippen LogP contribution in [-0.2, 0) is 26.7 Å². The first-order chi connectivity index (χ1) is 27.9. The van der Waals surface area contributed by atoms with Gasteiger partial charge < -0.3 is 40.4 Å². The number of halogens is 3. The molecule has 2 amide bonds. The normalized spacial score (nSPS) is 13.3. The van der Waals surface area contributed by atoms with Gasteiger partial charge in [0, 0.05) is 80.6 Å². The van der Waals surface area contributed by atoms with Crippen LogP contribution in [0.3, 0.4) is 0 Å². The Labute approximate surface area is 341 Å². The molecule has 17 heteroatoms. The molecule has 59 heavy (non-hydrogen) atoms. The molecule has 14 nitrogen and oxygen atoms in total. The third-order valence-electron chi connectivity index (χ3n) is 9.42. The zero-order valence-electron chi connectivity index (χ0n) is 33.9. The SMILES string of the molecule is Cc1c(NC(=O)c2ccc(C(C)(C)C)cc2)cccc1-c1cn(C)c(=O)c(Nc2ccc(C(=O)N3CCN(CCOCCOCCN)CC3)cc2)n1.O=C(O)C(F)(F)F. The van der Waals surface area contributed by atoms with Crippen LogP contribution in [-0.4, -0.2) is 114 Å². The van der Waals surface area contributed by atoms with Crippen LogP contribution in [0.15, 0.2) is 77.7 Å². The predicted octanol–water partition coefficient (Wildman–Crippen LogP) is 5.43. The van der Waals surface area contributed by atoms with Crippen molar-refractivity contribution >= 4 is 35.0 Å². The molecule has 5 N–H and O–H groups in total. The average Bonchev–Trinajstić information content (AvgIpc) is 3.20. The summed E-state index contributed by atoms with van der Waals surface area (Å²) in [5.41, 5.74) is 10.9. The Morgan fingerprint density at radius 2 is 1.46 bits per heavy atom. The number of piperazine rings is 1. The monoisotopic (exact) mass is 823 g/mol. The van der Waals surface area contributed by atoms with E-state index in [0.717, 1.165) is 36.3 Å². The molecule has 318 valence electrons. The van der Waals surface area contributed by atoms with E-state index in [-0.39, 0.29) is 28.6 Å². The highest BCUT2D eigenvalue weighted by Crippen LogP contribution is 2.29. The summed E-state index contributed by atoms with van der Waals surface area (Å²) in [4.78, 5) is 57.3. The zero-order valence-corrected chi connectivity index (χ0v) is 33.9. The van der Waals surface area contributed by atoms with Crippen molar-refractivity contribution in [3.8, 4) is 11.3 Å². The van der Waals surface area contributed by atoms with Crippen LogP contribution in [0.5, 0.6) is 0 Å². The number of hydrogen-bond donors (Lipinski definition) is 4. The van der Waals surface area contributed by atoms with Gasteiger partial charge in [-0.1, -0.05) is 45.0 Å². The summed E-state index contributed by atoms with van der Waals surface area (Å²) in [7, 11) is 1.68. The van der Waals surface area contributed by atoms with E-state index in [4.69, 9.17) is 30.1 Å². The summed E-state index contributed by atoms with van der Waals surface area (Å²) in [6.07, 6.45) is -3.40. The number of anilines is 3. The Hall–Kier alpha value is -5.62. The van der Waals surface area contributed by atoms with Crippen molar-refractivity contribution in [3.63, 3.8) is 0 Å². The molecule has 0 spiro atoms. The summed E-state index contributed by atoms with van der Waals surface area (Å²) in [6, 6.07) is 20.4. The summed E-state index contributed by atoms with van der Waals surface area (Å²) in [5, 5.41) is 13.3. The maximum Gasteiger partial charge on any atom is 0.490 e. The highest BCUT2D eigenvalue weighted by molar-refractivity contribution is 6.05. The van der Waals surface area contributed by atoms with Gasteiger partial charge in [0.1, 0.15) is 0 Å². The number of hydrogen-bond acceptors (Lipinski definition) is 10. The van der Waals surface area contributed by atoms with E-state index in [1.54, 1.807) is 37.5 Å². The molecule has 0 radical (unpaired) electrons. The molecule has 1 aromatic heterocycles. The average molecular weight is 824 g/mol. The van der Waals surface area contributed by atoms with Crippen LogP contribution < -0.4 is 21.9 Å². The number of benzene rings is 3. The number of amides is 2. The fourth-order valence-electron chi connectivity index (χ4n) is 5.97. The second-order valence-corrected chi connectivity index (χ2v) is 14.8. The van der Waals surface area contributed by atoms with Gasteiger partial charge in [-0.15, -0.1) is 0 Å². The predicted molar refractivity (Wildman–Crippen MR) is 219 cm³/mol. The summed E-state index contributed by atoms with van der Waals surface area (Å²) >= 11 is 0. The number of rotatable bonds is 14. The first kappa shape index (κ1) is 46.1. The molecule has 2 heterocycles. The Kier molecular flexibility index (Phi) is 16.3. The van der Waals surface area contributed by atoms with Crippen molar-refractivity contribution < 1.29 is 42.1 Å². The Balaban J connectivity index is 0.00000101. The van der Waals surface area contributed by atoms with Gasteiger partial charge in [-0.05, 0) is 65.9 Å². The second-order valence-electron chi connectivity index (χ2n) is 14.8. The van der Waals surface area contributed by atoms with Gasteiger partial charge >= 0.3 is 12.1 Å². The van der Waals surface area contributed by atoms with Gasteiger partial charge in [0.2, 0.25) is 0 Å². The number of aryl methyl sites for hydroxylation is 1. The lowest BCUT2D eigenvalue weighted by Crippen LogP contribution is -2.49. The minimum absolute atomic E-state index is 0.00595. The van der Waals surface area contributed by atoms with Gasteiger partial charge in [0.05, 0.1) is 32.1 Å². The largest absolute Gasteiger partial charge is 0.490 e. The van der Waals surface area contributed by atoms with E-state index in [2.05, 4.69) is 36.3 Å². The van der Waals surface area contributed by atoms with Crippen molar-refractivity contribution in [1.82, 2.24) is 19.4 Å². The fourth-order valence-corrected chi connectivity index (χ4v) is 5.97. The lowest BCUT2D eigenvalue weighted by molar-refractivity contribution is -0.192. The number of carboxylic acid groups (broad SMARTS) is 1. The molecule has 4 aromatic rings. The van der Waals surface area contributed by atoms with E-state index >= 15 is 0 Å². The smallest absolute Gasteiger partial charge is 0.475 e. The van der Waals surface area contributed by atoms with Gasteiger partial charge in [-0.3, -0.25) is 19.3 Å². The molecule has 0 saturated carbocycles. The molecule has 0 aliphatic carbocycles. The van der Waals surface area contributed by atoms with Gasteiger partial charge in [0.25, 0.3) is 17.4 Å². The number of carbonyl (C=O) groups is 3. The molecule has 1 aliphatic heterocycles. The van der Waals surface area contributed by atoms with Crippen molar-refractivity contribution in [2.24, 2.45) is 12.8 Å². The number of carboxylic acids is 1. The van der Waals surface area contributed by atoms with E-state index in [9.17, 15) is 27.6 Å². The third kappa shape index (κ3) is 13.5. The van der Waals surface area contributed by atoms with E-state index in [1.165, 1.54) is 4.57 Å². The number of ether oxygens (including phenoxy) is 2. The molecule has 0 atom stereocenters. The van der Waals surface area contributed by atoms with Crippen molar-refractivity contribution in [2.45, 2.75) is 39.3 Å². The first-order valence-corrected chi connectivity index (χ1v) is 19.0. The molecule has 1 fully saturated rings. The quantitative estimate of drug-likeness (QED) is 0.119. The number of aromatic nitrogens is 2. The Bertz CT molecular complexity index is 2090. The standard InChI is InChI=1S/C40H51N7O5.C2HF3O2/c1-28-33(7-6-8-34(28)44-37(48)29-9-13-31(14-10-29)40(2,3)4)35-27-45(5)39(50)36(43-35)42-32-15-11-30(12-16-32)38(49)47-20-18-46(19-21-47)22-24-52-26-25-51-23-17-41;3-2(4,5)1(6)7/h6-16,27H,17-26,41H2,1-5H3,(H,42,43)(H,44,48);(H,6,7). The Morgan fingerprint density at radius 1 is 0.864 bits per heavy atom. The third-order valence-corrected chi connectivity index (χ3v) is 9.42. The molecule has 1 aliphatic rings. The number of aliphatic carboxylic acids is 1. The number of nitrogens with zero attached hydrogens (tertiary/aromatic N) is 4. The van der Waals surface area contributed by atoms with Gasteiger partial charge in [0.15, 0.2) is 5.82 Å². The van der Waals surface area contributed by atoms with Crippen molar-refractivity contribution in [3.05, 3.63) is 106 Å². The molecule has 1 saturated heterocycles. The maximum absolute atomic E-state index is 13.3. The van der Waals surface area contributed by atoms with Crippen molar-refractivity contribution in [2.75, 3.05) is 76.3 Å². The maximum atomic E-state index is 13.3. The highest BCUT2D eigenvalue weighted by Gasteiger charge is 2.38. The molecular formula is C42H52F3N7O7. The van der Waals surface area contributed by atoms with Gasteiger partial charge in [-0.25, -0.2) is 9.78 Å². The van der Waals surface area contributed by atoms with Crippen LogP contribution in [0.1, 0.15) is 52.6 Å². The lowest BCUT2D eigenvalue weighted by atomic mass is 9.86. The fraction of sp³-hybridized carbons (Fsp3) is 0.405. The molecule has 0 bridgehead atoms. The summed E-state index contributed by atoms with van der Waals surface area (Å²) < 4.78 is 44.2. The molecule has 3 aromatic carbocycles. The number of alkyl halides is 3. The van der Waals surface area contributed by atoms with Crippen LogP contribution in [0, 0.1) is 6.92 Å². The Morgan fingerprint density at radius 3 is 2.03 bits per heavy atom. The second kappa shape index (κ2) is 20.9. The van der Waals surface area contributed by atoms with E-state index < -0.39 is 12.1 Å². The topological polar surface area (TPSA) is 181 Å². The minimum atomic E-state index is -5.08. The molecule has 5 rings (SSSR count). The van der Waals surface area contributed by atoms with Crippen LogP contribution in [0.2, 0.25) is 0 Å². The first-order valence-electron chi connectivity index (χ1n) is 19.0. The lowest BCUT2D eigenvalue weighted by Gasteiger charge is -2.34. The number of carbonyl (C=O) groups excluding carboxylic acids is 2. The van der Waals surface area contributed by atoms with Crippen molar-refractivity contribution in [1.29, 1.82) is 0 Å².